The molecule has 3 amide bonds. The second-order valence-electron chi connectivity index (χ2n) is 13.8. The number of carbonyl (C=O) groups is 4. The molecule has 3 aromatic rings. The molecule has 1 aliphatic heterocycles. The number of aromatic nitrogens is 4. The molecule has 0 spiro atoms. The van der Waals surface area contributed by atoms with Gasteiger partial charge in [0, 0.05) is 24.9 Å². The van der Waals surface area contributed by atoms with Crippen molar-refractivity contribution in [1.29, 1.82) is 0 Å². The molecule has 0 radical (unpaired) electrons. The molecule has 4 atom stereocenters. The summed E-state index contributed by atoms with van der Waals surface area (Å²) in [5.41, 5.74) is 1.82. The monoisotopic (exact) mass is 727 g/mol. The summed E-state index contributed by atoms with van der Waals surface area (Å²) in [6.45, 7) is 4.06. The summed E-state index contributed by atoms with van der Waals surface area (Å²) in [6, 6.07) is 15.9. The second kappa shape index (κ2) is 20.2. The molecule has 5 rings (SSSR count). The molecule has 13 nitrogen and oxygen atoms in total. The van der Waals surface area contributed by atoms with Crippen molar-refractivity contribution in [1.82, 2.24) is 35.7 Å². The number of nitrogens with one attached hydrogen (secondary N) is 2. The quantitative estimate of drug-likeness (QED) is 0.0949. The van der Waals surface area contributed by atoms with Gasteiger partial charge in [0.25, 0.3) is 0 Å². The number of amides is 3. The number of alkyl carbamates (subject to hydrolysis) is 1. The summed E-state index contributed by atoms with van der Waals surface area (Å²) in [5, 5.41) is 18.8. The van der Waals surface area contributed by atoms with Crippen LogP contribution in [0.25, 0.3) is 11.4 Å². The molecule has 1 saturated heterocycles. The molecule has 2 aliphatic rings. The minimum Gasteiger partial charge on any atom is -0.464 e. The smallest absolute Gasteiger partial charge is 0.408 e. The van der Waals surface area contributed by atoms with Crippen LogP contribution >= 0.6 is 0 Å². The van der Waals surface area contributed by atoms with Crippen LogP contribution in [0.3, 0.4) is 0 Å². The van der Waals surface area contributed by atoms with Crippen LogP contribution in [0.15, 0.2) is 72.8 Å². The van der Waals surface area contributed by atoms with Crippen LogP contribution in [0.1, 0.15) is 96.1 Å². The van der Waals surface area contributed by atoms with Gasteiger partial charge in [0.15, 0.2) is 0 Å². The largest absolute Gasteiger partial charge is 0.464 e. The number of hydrogen-bond donors (Lipinski definition) is 2. The van der Waals surface area contributed by atoms with E-state index in [1.54, 1.807) is 6.92 Å². The first kappa shape index (κ1) is 39.1. The van der Waals surface area contributed by atoms with Crippen molar-refractivity contribution >= 4 is 23.9 Å². The highest BCUT2D eigenvalue weighted by Gasteiger charge is 2.44. The van der Waals surface area contributed by atoms with Gasteiger partial charge >= 0.3 is 12.1 Å². The Hall–Kier alpha value is -5.07. The van der Waals surface area contributed by atoms with E-state index in [-0.39, 0.29) is 25.7 Å². The molecule has 284 valence electrons. The van der Waals surface area contributed by atoms with Gasteiger partial charge in [0.2, 0.25) is 17.6 Å². The number of benzene rings is 2. The van der Waals surface area contributed by atoms with E-state index in [0.717, 1.165) is 56.1 Å². The molecule has 1 aliphatic carbocycles. The van der Waals surface area contributed by atoms with Crippen LogP contribution in [-0.4, -0.2) is 86.4 Å². The van der Waals surface area contributed by atoms with E-state index in [4.69, 9.17) is 9.47 Å². The highest BCUT2D eigenvalue weighted by Crippen LogP contribution is 2.29. The summed E-state index contributed by atoms with van der Waals surface area (Å²) in [4.78, 5) is 57.7. The zero-order valence-corrected chi connectivity index (χ0v) is 30.9. The number of carbonyl (C=O) groups excluding carboxylic acids is 4. The average Bonchev–Trinajstić information content (AvgIpc) is 3.97. The van der Waals surface area contributed by atoms with Crippen LogP contribution in [0, 0.1) is 0 Å². The van der Waals surface area contributed by atoms with Crippen LogP contribution < -0.4 is 10.6 Å². The molecule has 2 heterocycles. The molecule has 13 heteroatoms. The van der Waals surface area contributed by atoms with Crippen molar-refractivity contribution in [2.45, 2.75) is 121 Å². The Morgan fingerprint density at radius 1 is 0.943 bits per heavy atom. The first-order valence-electron chi connectivity index (χ1n) is 19.1. The predicted molar refractivity (Wildman–Crippen MR) is 199 cm³/mol. The first-order valence-corrected chi connectivity index (χ1v) is 19.1. The number of ether oxygens (including phenoxy) is 2. The Morgan fingerprint density at radius 3 is 2.40 bits per heavy atom. The lowest BCUT2D eigenvalue weighted by Crippen LogP contribution is -2.55. The topological polar surface area (TPSA) is 158 Å². The molecule has 0 unspecified atom stereocenters. The Balaban J connectivity index is 1.32. The number of esters is 1. The zero-order chi connectivity index (χ0) is 37.4. The molecule has 1 aromatic heterocycles. The number of allylic oxidation sites excluding steroid dienone is 2. The number of tetrazole rings is 1. The van der Waals surface area contributed by atoms with Gasteiger partial charge in [-0.2, -0.15) is 4.80 Å². The van der Waals surface area contributed by atoms with Crippen LogP contribution in [0.2, 0.25) is 0 Å². The third kappa shape index (κ3) is 11.5. The van der Waals surface area contributed by atoms with Crippen molar-refractivity contribution in [3.63, 3.8) is 0 Å². The van der Waals surface area contributed by atoms with E-state index in [0.29, 0.717) is 31.5 Å². The normalized spacial score (nSPS) is 18.5. The standard InChI is InChI=1S/C40H53N7O6/c1-3-5-6-7-8-15-24-34(42-40(51)53-32-22-16-17-23-32)38(49)46-28-31(47-44-36(43-45-47)30-20-13-10-14-21-30)27-35(46)37(48)41-33(4-2)39(50)52-26-25-29-18-11-9-12-19-29/h3,5,9-14,18-21,31-35H,4,6-8,15-17,22-28H2,1-2H3,(H,41,48)(H,42,51)/b5-3-/t31-,33+,34+,35+/m1/s1. The maximum atomic E-state index is 14.5. The van der Waals surface area contributed by atoms with Crippen molar-refractivity contribution in [3.05, 3.63) is 78.4 Å². The van der Waals surface area contributed by atoms with Gasteiger partial charge in [-0.25, -0.2) is 9.59 Å². The molecular weight excluding hydrogens is 674 g/mol. The highest BCUT2D eigenvalue weighted by atomic mass is 16.6. The Morgan fingerprint density at radius 2 is 1.68 bits per heavy atom. The van der Waals surface area contributed by atoms with Crippen molar-refractivity contribution in [3.8, 4) is 11.4 Å². The second-order valence-corrected chi connectivity index (χ2v) is 13.8. The van der Waals surface area contributed by atoms with Gasteiger partial charge in [-0.1, -0.05) is 92.6 Å². The van der Waals surface area contributed by atoms with Gasteiger partial charge in [-0.15, -0.1) is 10.2 Å². The van der Waals surface area contributed by atoms with E-state index in [1.165, 1.54) is 9.70 Å². The van der Waals surface area contributed by atoms with Crippen molar-refractivity contribution in [2.75, 3.05) is 13.2 Å². The SMILES string of the molecule is C/C=C\CCCCC[C@H](NC(=O)OC1CCCC1)C(=O)N1C[C@H](n2nnc(-c3ccccc3)n2)C[C@H]1C(=O)N[C@@H](CC)C(=O)OCCc1ccccc1. The van der Waals surface area contributed by atoms with Gasteiger partial charge in [0.1, 0.15) is 24.2 Å². The summed E-state index contributed by atoms with van der Waals surface area (Å²) in [6.07, 6.45) is 11.8. The van der Waals surface area contributed by atoms with Crippen molar-refractivity contribution < 1.29 is 28.7 Å². The summed E-state index contributed by atoms with van der Waals surface area (Å²) >= 11 is 0. The van der Waals surface area contributed by atoms with Gasteiger partial charge in [-0.3, -0.25) is 9.59 Å². The zero-order valence-electron chi connectivity index (χ0n) is 30.9. The molecule has 2 aromatic carbocycles. The lowest BCUT2D eigenvalue weighted by molar-refractivity contribution is -0.149. The first-order chi connectivity index (χ1) is 25.9. The maximum absolute atomic E-state index is 14.5. The van der Waals surface area contributed by atoms with Crippen molar-refractivity contribution in [2.24, 2.45) is 0 Å². The number of unbranched alkanes of at least 4 members (excludes halogenated alkanes) is 3. The average molecular weight is 728 g/mol. The fourth-order valence-electron chi connectivity index (χ4n) is 6.91. The Bertz CT molecular complexity index is 1640. The van der Waals surface area contributed by atoms with E-state index in [2.05, 4.69) is 32.1 Å². The molecule has 0 bridgehead atoms. The third-order valence-corrected chi connectivity index (χ3v) is 9.90. The lowest BCUT2D eigenvalue weighted by atomic mass is 10.0. The number of nitrogens with zero attached hydrogens (tertiary/aromatic N) is 5. The van der Waals surface area contributed by atoms with Crippen LogP contribution in [0.5, 0.6) is 0 Å². The molecule has 53 heavy (non-hydrogen) atoms. The Labute approximate surface area is 311 Å². The number of likely N-dealkylation sites (tertiary alicyclic amines) is 1. The summed E-state index contributed by atoms with van der Waals surface area (Å²) in [5.74, 6) is -1.00. The fourth-order valence-corrected chi connectivity index (χ4v) is 6.91. The van der Waals surface area contributed by atoms with Gasteiger partial charge in [0.05, 0.1) is 12.6 Å². The van der Waals surface area contributed by atoms with Gasteiger partial charge < -0.3 is 25.0 Å². The summed E-state index contributed by atoms with van der Waals surface area (Å²) < 4.78 is 11.2. The van der Waals surface area contributed by atoms with Crippen LogP contribution in [0.4, 0.5) is 4.79 Å². The molecule has 2 fully saturated rings. The summed E-state index contributed by atoms with van der Waals surface area (Å²) in [7, 11) is 0. The lowest BCUT2D eigenvalue weighted by Gasteiger charge is -2.29. The maximum Gasteiger partial charge on any atom is 0.408 e. The number of hydrogen-bond acceptors (Lipinski definition) is 9. The van der Waals surface area contributed by atoms with Gasteiger partial charge in [-0.05, 0) is 69.1 Å². The third-order valence-electron chi connectivity index (χ3n) is 9.90. The van der Waals surface area contributed by atoms with E-state index < -0.39 is 48.0 Å². The highest BCUT2D eigenvalue weighted by molar-refractivity contribution is 5.93. The minimum absolute atomic E-state index is 0.108. The Kier molecular flexibility index (Phi) is 15.0. The predicted octanol–water partition coefficient (Wildman–Crippen LogP) is 5.73. The van der Waals surface area contributed by atoms with Crippen LogP contribution in [-0.2, 0) is 30.3 Å². The number of rotatable bonds is 18. The van der Waals surface area contributed by atoms with E-state index >= 15 is 0 Å². The molecule has 2 N–H and O–H groups in total. The van der Waals surface area contributed by atoms with E-state index in [9.17, 15) is 19.2 Å². The van der Waals surface area contributed by atoms with E-state index in [1.807, 2.05) is 73.7 Å². The molecular formula is C40H53N7O6. The minimum atomic E-state index is -0.963. The molecule has 1 saturated carbocycles. The fraction of sp³-hybridized carbons (Fsp3) is 0.525.